The van der Waals surface area contributed by atoms with Crippen LogP contribution in [-0.2, 0) is 11.2 Å². The molecule has 1 aromatic rings. The van der Waals surface area contributed by atoms with Crippen molar-refractivity contribution in [3.8, 4) is 0 Å². The van der Waals surface area contributed by atoms with Crippen LogP contribution in [0.2, 0.25) is 0 Å². The minimum absolute atomic E-state index is 0.589. The van der Waals surface area contributed by atoms with Gasteiger partial charge in [0.2, 0.25) is 0 Å². The molecule has 0 atom stereocenters. The molecular formula is C13H19NO. The van der Waals surface area contributed by atoms with Crippen LogP contribution in [0.3, 0.4) is 0 Å². The molecule has 1 aliphatic rings. The molecule has 82 valence electrons. The summed E-state index contributed by atoms with van der Waals surface area (Å²) in [5.74, 6) is 0. The van der Waals surface area contributed by atoms with Gasteiger partial charge in [-0.25, -0.2) is 0 Å². The fraction of sp³-hybridized carbons (Fsp3) is 0.538. The van der Waals surface area contributed by atoms with Gasteiger partial charge in [-0.05, 0) is 30.9 Å². The second kappa shape index (κ2) is 5.17. The lowest BCUT2D eigenvalue weighted by atomic mass is 10.1. The molecule has 0 radical (unpaired) electrons. The first kappa shape index (κ1) is 10.5. The van der Waals surface area contributed by atoms with Crippen molar-refractivity contribution in [2.45, 2.75) is 32.2 Å². The topological polar surface area (TPSA) is 21.3 Å². The highest BCUT2D eigenvalue weighted by Crippen LogP contribution is 2.19. The van der Waals surface area contributed by atoms with Crippen LogP contribution in [0, 0.1) is 0 Å². The molecule has 2 rings (SSSR count). The van der Waals surface area contributed by atoms with Crippen molar-refractivity contribution in [3.05, 3.63) is 29.8 Å². The van der Waals surface area contributed by atoms with Gasteiger partial charge in [-0.15, -0.1) is 0 Å². The summed E-state index contributed by atoms with van der Waals surface area (Å²) in [6.07, 6.45) is 3.34. The third kappa shape index (κ3) is 2.72. The maximum Gasteiger partial charge on any atom is 0.0485 e. The van der Waals surface area contributed by atoms with Crippen LogP contribution in [0.15, 0.2) is 24.3 Å². The monoisotopic (exact) mass is 205 g/mol. The fourth-order valence-corrected chi connectivity index (χ4v) is 2.03. The number of anilines is 1. The lowest BCUT2D eigenvalue weighted by molar-refractivity contribution is 0.0904. The molecule has 1 heterocycles. The predicted octanol–water partition coefficient (Wildman–Crippen LogP) is 2.84. The summed E-state index contributed by atoms with van der Waals surface area (Å²) in [5, 5.41) is 3.62. The first-order valence-corrected chi connectivity index (χ1v) is 5.82. The third-order valence-electron chi connectivity index (χ3n) is 2.98. The van der Waals surface area contributed by atoms with E-state index in [0.717, 1.165) is 32.5 Å². The van der Waals surface area contributed by atoms with Gasteiger partial charge in [0.15, 0.2) is 0 Å². The molecule has 1 aliphatic heterocycles. The molecular weight excluding hydrogens is 186 g/mol. The average molecular weight is 205 g/mol. The molecule has 1 fully saturated rings. The van der Waals surface area contributed by atoms with Gasteiger partial charge in [-0.2, -0.15) is 0 Å². The fourth-order valence-electron chi connectivity index (χ4n) is 2.03. The molecule has 15 heavy (non-hydrogen) atoms. The quantitative estimate of drug-likeness (QED) is 0.819. The van der Waals surface area contributed by atoms with E-state index in [1.807, 2.05) is 0 Å². The highest BCUT2D eigenvalue weighted by molar-refractivity contribution is 5.51. The zero-order valence-corrected chi connectivity index (χ0v) is 9.33. The molecule has 0 bridgehead atoms. The summed E-state index contributed by atoms with van der Waals surface area (Å²) in [6, 6.07) is 9.16. The maximum absolute atomic E-state index is 5.35. The van der Waals surface area contributed by atoms with Crippen molar-refractivity contribution in [1.82, 2.24) is 0 Å². The lowest BCUT2D eigenvalue weighted by Gasteiger charge is -2.25. The highest BCUT2D eigenvalue weighted by Gasteiger charge is 2.13. The van der Waals surface area contributed by atoms with E-state index in [1.165, 1.54) is 11.3 Å². The minimum atomic E-state index is 0.589. The second-order valence-electron chi connectivity index (χ2n) is 4.04. The van der Waals surface area contributed by atoms with Crippen molar-refractivity contribution in [1.29, 1.82) is 0 Å². The summed E-state index contributed by atoms with van der Waals surface area (Å²) in [7, 11) is 0. The Bertz CT molecular complexity index is 305. The number of hydrogen-bond donors (Lipinski definition) is 1. The van der Waals surface area contributed by atoms with Gasteiger partial charge in [0.25, 0.3) is 0 Å². The number of ether oxygens (including phenoxy) is 1. The number of rotatable bonds is 3. The summed E-state index contributed by atoms with van der Waals surface area (Å²) < 4.78 is 5.35. The van der Waals surface area contributed by atoms with Crippen molar-refractivity contribution in [2.75, 3.05) is 18.5 Å². The van der Waals surface area contributed by atoms with Crippen LogP contribution in [0.5, 0.6) is 0 Å². The number of aryl methyl sites for hydroxylation is 1. The molecule has 2 nitrogen and oxygen atoms in total. The molecule has 0 saturated carbocycles. The van der Waals surface area contributed by atoms with Crippen molar-refractivity contribution >= 4 is 5.69 Å². The van der Waals surface area contributed by atoms with Crippen LogP contribution in [0.4, 0.5) is 5.69 Å². The summed E-state index contributed by atoms with van der Waals surface area (Å²) in [6.45, 7) is 3.99. The Hall–Kier alpha value is -1.02. The Kier molecular flexibility index (Phi) is 3.62. The summed E-state index contributed by atoms with van der Waals surface area (Å²) in [4.78, 5) is 0. The van der Waals surface area contributed by atoms with Gasteiger partial charge in [0.1, 0.15) is 0 Å². The normalized spacial score (nSPS) is 17.7. The SMILES string of the molecule is CCc1ccccc1NC1CCOCC1. The van der Waals surface area contributed by atoms with Crippen molar-refractivity contribution in [3.63, 3.8) is 0 Å². The summed E-state index contributed by atoms with van der Waals surface area (Å²) >= 11 is 0. The largest absolute Gasteiger partial charge is 0.382 e. The first-order chi connectivity index (χ1) is 7.40. The van der Waals surface area contributed by atoms with Gasteiger partial charge in [-0.3, -0.25) is 0 Å². The van der Waals surface area contributed by atoms with Gasteiger partial charge >= 0.3 is 0 Å². The Morgan fingerprint density at radius 1 is 1.27 bits per heavy atom. The Balaban J connectivity index is 2.02. The molecule has 0 spiro atoms. The highest BCUT2D eigenvalue weighted by atomic mass is 16.5. The molecule has 2 heteroatoms. The number of para-hydroxylation sites is 1. The van der Waals surface area contributed by atoms with Gasteiger partial charge in [0.05, 0.1) is 0 Å². The van der Waals surface area contributed by atoms with Crippen LogP contribution in [-0.4, -0.2) is 19.3 Å². The molecule has 0 aliphatic carbocycles. The van der Waals surface area contributed by atoms with Crippen LogP contribution in [0.1, 0.15) is 25.3 Å². The van der Waals surface area contributed by atoms with E-state index < -0.39 is 0 Å². The van der Waals surface area contributed by atoms with E-state index in [9.17, 15) is 0 Å². The number of benzene rings is 1. The zero-order valence-electron chi connectivity index (χ0n) is 9.33. The lowest BCUT2D eigenvalue weighted by Crippen LogP contribution is -2.28. The average Bonchev–Trinajstić information content (AvgIpc) is 2.31. The minimum Gasteiger partial charge on any atom is -0.382 e. The van der Waals surface area contributed by atoms with Crippen molar-refractivity contribution in [2.24, 2.45) is 0 Å². The Labute approximate surface area is 91.6 Å². The third-order valence-corrected chi connectivity index (χ3v) is 2.98. The molecule has 0 amide bonds. The van der Waals surface area contributed by atoms with E-state index in [2.05, 4.69) is 36.5 Å². The van der Waals surface area contributed by atoms with Gasteiger partial charge < -0.3 is 10.1 Å². The molecule has 1 N–H and O–H groups in total. The number of hydrogen-bond acceptors (Lipinski definition) is 2. The van der Waals surface area contributed by atoms with Crippen LogP contribution in [0.25, 0.3) is 0 Å². The van der Waals surface area contributed by atoms with Crippen LogP contribution >= 0.6 is 0 Å². The second-order valence-corrected chi connectivity index (χ2v) is 4.04. The molecule has 1 saturated heterocycles. The Morgan fingerprint density at radius 3 is 2.73 bits per heavy atom. The summed E-state index contributed by atoms with van der Waals surface area (Å²) in [5.41, 5.74) is 2.70. The van der Waals surface area contributed by atoms with E-state index in [0.29, 0.717) is 6.04 Å². The molecule has 0 aromatic heterocycles. The van der Waals surface area contributed by atoms with E-state index >= 15 is 0 Å². The van der Waals surface area contributed by atoms with E-state index in [4.69, 9.17) is 4.74 Å². The zero-order chi connectivity index (χ0) is 10.5. The molecule has 0 unspecified atom stereocenters. The standard InChI is InChI=1S/C13H19NO/c1-2-11-5-3-4-6-13(11)14-12-7-9-15-10-8-12/h3-6,12,14H,2,7-10H2,1H3. The van der Waals surface area contributed by atoms with E-state index in [-0.39, 0.29) is 0 Å². The van der Waals surface area contributed by atoms with Gasteiger partial charge in [0, 0.05) is 24.9 Å². The maximum atomic E-state index is 5.35. The predicted molar refractivity (Wildman–Crippen MR) is 63.3 cm³/mol. The molecule has 1 aromatic carbocycles. The first-order valence-electron chi connectivity index (χ1n) is 5.82. The van der Waals surface area contributed by atoms with Gasteiger partial charge in [-0.1, -0.05) is 25.1 Å². The smallest absolute Gasteiger partial charge is 0.0485 e. The van der Waals surface area contributed by atoms with E-state index in [1.54, 1.807) is 0 Å². The number of nitrogens with one attached hydrogen (secondary N) is 1. The Morgan fingerprint density at radius 2 is 2.00 bits per heavy atom. The van der Waals surface area contributed by atoms with Crippen molar-refractivity contribution < 1.29 is 4.74 Å². The van der Waals surface area contributed by atoms with Crippen LogP contribution < -0.4 is 5.32 Å².